The van der Waals surface area contributed by atoms with E-state index in [1.165, 1.54) is 0 Å². The first kappa shape index (κ1) is 23.0. The number of aliphatic hydroxyl groups is 1. The van der Waals surface area contributed by atoms with Crippen LogP contribution < -0.4 is 0 Å². The summed E-state index contributed by atoms with van der Waals surface area (Å²) in [7, 11) is 0.544. The summed E-state index contributed by atoms with van der Waals surface area (Å²) in [4.78, 5) is 0. The van der Waals surface area contributed by atoms with Crippen molar-refractivity contribution in [3.05, 3.63) is 132 Å². The molecule has 5 atom stereocenters. The SMILES string of the molecule is CN(Cc1ccccc1)[P@]1(=O)N(C)[C@@H](c2ccccc2)[C@@H]2C=CC=C[C@@]21[C@H](O)c1ccccc1. The molecule has 1 saturated heterocycles. The van der Waals surface area contributed by atoms with Crippen LogP contribution in [0.4, 0.5) is 0 Å². The summed E-state index contributed by atoms with van der Waals surface area (Å²) in [6.45, 7) is 0.525. The topological polar surface area (TPSA) is 43.8 Å². The molecule has 0 unspecified atom stereocenters. The zero-order valence-electron chi connectivity index (χ0n) is 19.6. The van der Waals surface area contributed by atoms with Gasteiger partial charge in [-0.2, -0.15) is 0 Å². The van der Waals surface area contributed by atoms with Gasteiger partial charge in [-0.15, -0.1) is 0 Å². The lowest BCUT2D eigenvalue weighted by atomic mass is 9.75. The van der Waals surface area contributed by atoms with Crippen molar-refractivity contribution in [2.75, 3.05) is 14.1 Å². The lowest BCUT2D eigenvalue weighted by Crippen LogP contribution is -2.43. The van der Waals surface area contributed by atoms with E-state index in [4.69, 9.17) is 0 Å². The molecule has 0 bridgehead atoms. The molecular formula is C29H31N2O2P. The Morgan fingerprint density at radius 3 is 2.18 bits per heavy atom. The van der Waals surface area contributed by atoms with Gasteiger partial charge in [-0.25, -0.2) is 9.34 Å². The minimum atomic E-state index is -3.34. The maximum Gasteiger partial charge on any atom is 0.230 e. The third-order valence-corrected chi connectivity index (χ3v) is 11.3. The second kappa shape index (κ2) is 9.13. The summed E-state index contributed by atoms with van der Waals surface area (Å²) in [6.07, 6.45) is 7.19. The Labute approximate surface area is 202 Å². The van der Waals surface area contributed by atoms with Crippen molar-refractivity contribution in [1.82, 2.24) is 9.34 Å². The Morgan fingerprint density at radius 2 is 1.53 bits per heavy atom. The van der Waals surface area contributed by atoms with Crippen LogP contribution in [0.15, 0.2) is 115 Å². The molecule has 1 N–H and O–H groups in total. The van der Waals surface area contributed by atoms with Crippen molar-refractivity contribution >= 4 is 7.44 Å². The molecule has 0 radical (unpaired) electrons. The Hall–Kier alpha value is -2.75. The summed E-state index contributed by atoms with van der Waals surface area (Å²) < 4.78 is 19.6. The van der Waals surface area contributed by atoms with E-state index in [1.807, 2.05) is 108 Å². The average molecular weight is 471 g/mol. The van der Waals surface area contributed by atoms with Gasteiger partial charge in [-0.1, -0.05) is 115 Å². The lowest BCUT2D eigenvalue weighted by molar-refractivity contribution is 0.119. The van der Waals surface area contributed by atoms with Crippen LogP contribution in [-0.4, -0.2) is 33.7 Å². The molecule has 2 aliphatic rings. The van der Waals surface area contributed by atoms with Gasteiger partial charge >= 0.3 is 0 Å². The van der Waals surface area contributed by atoms with Gasteiger partial charge < -0.3 is 5.11 Å². The van der Waals surface area contributed by atoms with Crippen LogP contribution in [0.3, 0.4) is 0 Å². The van der Waals surface area contributed by atoms with Gasteiger partial charge in [0.15, 0.2) is 0 Å². The fourth-order valence-electron chi connectivity index (χ4n) is 5.87. The van der Waals surface area contributed by atoms with Crippen molar-refractivity contribution in [3.8, 4) is 0 Å². The Bertz CT molecular complexity index is 1230. The predicted octanol–water partition coefficient (Wildman–Crippen LogP) is 6.21. The van der Waals surface area contributed by atoms with E-state index in [0.29, 0.717) is 6.54 Å². The molecule has 0 spiro atoms. The second-order valence-corrected chi connectivity index (χ2v) is 12.4. The molecule has 0 saturated carbocycles. The molecule has 5 rings (SSSR count). The number of hydrogen-bond acceptors (Lipinski definition) is 2. The number of benzene rings is 3. The van der Waals surface area contributed by atoms with E-state index < -0.39 is 18.7 Å². The number of rotatable bonds is 6. The molecule has 1 aliphatic carbocycles. The summed E-state index contributed by atoms with van der Waals surface area (Å²) in [5.74, 6) is -0.163. The standard InChI is InChI=1S/C29H31N2O2P/c1-30(22-23-14-6-3-7-15-23)34(33)29(28(32)25-18-10-5-11-19-25)21-13-12-20-26(29)27(31(34)2)24-16-8-4-9-17-24/h3-21,26-28,32H,22H2,1-2H3/t26-,27-,28+,29-,34-/m0/s1. The first-order valence-corrected chi connectivity index (χ1v) is 13.3. The number of fused-ring (bicyclic) bond motifs is 1. The number of nitrogens with zero attached hydrogens (tertiary/aromatic N) is 2. The molecule has 1 fully saturated rings. The predicted molar refractivity (Wildman–Crippen MR) is 138 cm³/mol. The zero-order chi connectivity index (χ0) is 23.8. The molecule has 0 amide bonds. The van der Waals surface area contributed by atoms with Crippen LogP contribution in [0.2, 0.25) is 0 Å². The maximum atomic E-state index is 15.5. The van der Waals surface area contributed by atoms with Gasteiger partial charge in [0.1, 0.15) is 5.16 Å². The number of aliphatic hydroxyl groups excluding tert-OH is 1. The van der Waals surface area contributed by atoms with Gasteiger partial charge in [-0.3, -0.25) is 4.57 Å². The highest BCUT2D eigenvalue weighted by molar-refractivity contribution is 7.61. The molecule has 5 heteroatoms. The van der Waals surface area contributed by atoms with Crippen LogP contribution in [0.5, 0.6) is 0 Å². The van der Waals surface area contributed by atoms with Crippen molar-refractivity contribution in [3.63, 3.8) is 0 Å². The highest BCUT2D eigenvalue weighted by Gasteiger charge is 2.68. The molecule has 34 heavy (non-hydrogen) atoms. The van der Waals surface area contributed by atoms with Gasteiger partial charge in [-0.05, 0) is 30.8 Å². The van der Waals surface area contributed by atoms with E-state index in [1.54, 1.807) is 0 Å². The zero-order valence-corrected chi connectivity index (χ0v) is 20.5. The molecule has 3 aromatic carbocycles. The third kappa shape index (κ3) is 3.45. The molecule has 4 nitrogen and oxygen atoms in total. The maximum absolute atomic E-state index is 15.5. The van der Waals surface area contributed by atoms with E-state index in [2.05, 4.69) is 30.3 Å². The van der Waals surface area contributed by atoms with Crippen molar-refractivity contribution in [2.45, 2.75) is 23.8 Å². The fraction of sp³-hybridized carbons (Fsp3) is 0.241. The first-order chi connectivity index (χ1) is 16.5. The van der Waals surface area contributed by atoms with Gasteiger partial charge in [0.05, 0.1) is 6.10 Å². The Morgan fingerprint density at radius 1 is 0.941 bits per heavy atom. The lowest BCUT2D eigenvalue weighted by Gasteiger charge is -2.45. The highest BCUT2D eigenvalue weighted by atomic mass is 31.2. The molecular weight excluding hydrogens is 439 g/mol. The van der Waals surface area contributed by atoms with Crippen LogP contribution >= 0.6 is 7.44 Å². The van der Waals surface area contributed by atoms with Crippen LogP contribution in [0.25, 0.3) is 0 Å². The van der Waals surface area contributed by atoms with E-state index in [0.717, 1.165) is 16.7 Å². The van der Waals surface area contributed by atoms with Crippen molar-refractivity contribution in [2.24, 2.45) is 5.92 Å². The molecule has 1 aliphatic heterocycles. The average Bonchev–Trinajstić information content (AvgIpc) is 3.10. The smallest absolute Gasteiger partial charge is 0.230 e. The molecule has 3 aromatic rings. The summed E-state index contributed by atoms with van der Waals surface area (Å²) in [6, 6.07) is 29.9. The quantitative estimate of drug-likeness (QED) is 0.435. The van der Waals surface area contributed by atoms with Crippen LogP contribution in [0.1, 0.15) is 28.8 Å². The molecule has 174 valence electrons. The second-order valence-electron chi connectivity index (χ2n) is 9.24. The highest BCUT2D eigenvalue weighted by Crippen LogP contribution is 2.79. The number of hydrogen-bond donors (Lipinski definition) is 1. The van der Waals surface area contributed by atoms with E-state index in [-0.39, 0.29) is 12.0 Å². The van der Waals surface area contributed by atoms with Crippen LogP contribution in [-0.2, 0) is 11.1 Å². The van der Waals surface area contributed by atoms with Crippen molar-refractivity contribution < 1.29 is 9.67 Å². The monoisotopic (exact) mass is 470 g/mol. The summed E-state index contributed by atoms with van der Waals surface area (Å²) in [5, 5.41) is 11.0. The van der Waals surface area contributed by atoms with Gasteiger partial charge in [0.2, 0.25) is 7.44 Å². The largest absolute Gasteiger partial charge is 0.387 e. The third-order valence-electron chi connectivity index (χ3n) is 7.41. The van der Waals surface area contributed by atoms with Crippen LogP contribution in [0, 0.1) is 5.92 Å². The summed E-state index contributed by atoms with van der Waals surface area (Å²) in [5.41, 5.74) is 2.97. The Kier molecular flexibility index (Phi) is 6.18. The molecule has 1 heterocycles. The van der Waals surface area contributed by atoms with Gasteiger partial charge in [0.25, 0.3) is 0 Å². The number of allylic oxidation sites excluding steroid dienone is 2. The minimum absolute atomic E-state index is 0.134. The first-order valence-electron chi connectivity index (χ1n) is 11.7. The Balaban J connectivity index is 1.70. The van der Waals surface area contributed by atoms with E-state index in [9.17, 15) is 5.11 Å². The fourth-order valence-corrected chi connectivity index (χ4v) is 9.82. The molecule has 0 aromatic heterocycles. The van der Waals surface area contributed by atoms with Gasteiger partial charge in [0, 0.05) is 18.5 Å². The van der Waals surface area contributed by atoms with Crippen molar-refractivity contribution in [1.29, 1.82) is 0 Å². The van der Waals surface area contributed by atoms with E-state index >= 15 is 4.57 Å². The summed E-state index contributed by atoms with van der Waals surface area (Å²) >= 11 is 0. The minimum Gasteiger partial charge on any atom is -0.387 e. The normalized spacial score (nSPS) is 29.3.